The van der Waals surface area contributed by atoms with Gasteiger partial charge < -0.3 is 0 Å². The predicted molar refractivity (Wildman–Crippen MR) is 96.3 cm³/mol. The second-order valence-electron chi connectivity index (χ2n) is 6.48. The first-order chi connectivity index (χ1) is 11.9. The lowest BCUT2D eigenvalue weighted by atomic mass is 10.1. The first-order valence-electron chi connectivity index (χ1n) is 8.44. The van der Waals surface area contributed by atoms with Crippen molar-refractivity contribution in [2.45, 2.75) is 24.8 Å². The lowest BCUT2D eigenvalue weighted by Gasteiger charge is -2.37. The molecule has 3 rings (SSSR count). The van der Waals surface area contributed by atoms with Crippen LogP contribution < -0.4 is 0 Å². The topological polar surface area (TPSA) is 40.6 Å². The van der Waals surface area contributed by atoms with Crippen molar-refractivity contribution < 1.29 is 12.8 Å². The molecule has 1 aliphatic heterocycles. The van der Waals surface area contributed by atoms with Gasteiger partial charge in [-0.05, 0) is 43.7 Å². The molecule has 25 heavy (non-hydrogen) atoms. The van der Waals surface area contributed by atoms with E-state index in [1.807, 2.05) is 32.0 Å². The number of benzene rings is 2. The lowest BCUT2D eigenvalue weighted by Crippen LogP contribution is -2.49. The molecule has 0 N–H and O–H groups in total. The van der Waals surface area contributed by atoms with E-state index in [1.165, 1.54) is 10.4 Å². The second kappa shape index (κ2) is 7.23. The Hall–Kier alpha value is -1.76. The maximum Gasteiger partial charge on any atom is 0.243 e. The molecular formula is C19H23FN2O2S. The molecule has 1 aliphatic rings. The van der Waals surface area contributed by atoms with Crippen LogP contribution in [0.5, 0.6) is 0 Å². The van der Waals surface area contributed by atoms with Gasteiger partial charge in [0.25, 0.3) is 0 Å². The van der Waals surface area contributed by atoms with Crippen LogP contribution in [0.3, 0.4) is 0 Å². The molecule has 0 bridgehead atoms. The quantitative estimate of drug-likeness (QED) is 0.839. The number of rotatable bonds is 4. The summed E-state index contributed by atoms with van der Waals surface area (Å²) in [6.45, 7) is 6.10. The number of aryl methyl sites for hydroxylation is 1. The number of halogens is 1. The summed E-state index contributed by atoms with van der Waals surface area (Å²) in [4.78, 5) is 2.53. The van der Waals surface area contributed by atoms with Gasteiger partial charge in [0.05, 0.1) is 4.90 Å². The van der Waals surface area contributed by atoms with Crippen LogP contribution in [0.4, 0.5) is 4.39 Å². The minimum absolute atomic E-state index is 0.0555. The summed E-state index contributed by atoms with van der Waals surface area (Å²) >= 11 is 0. The van der Waals surface area contributed by atoms with Gasteiger partial charge in [0.1, 0.15) is 5.82 Å². The van der Waals surface area contributed by atoms with Crippen LogP contribution in [0.2, 0.25) is 0 Å². The minimum atomic E-state index is -3.45. The Morgan fingerprint density at radius 3 is 2.24 bits per heavy atom. The van der Waals surface area contributed by atoms with E-state index in [0.717, 1.165) is 11.1 Å². The largest absolute Gasteiger partial charge is 0.294 e. The zero-order valence-corrected chi connectivity index (χ0v) is 15.3. The van der Waals surface area contributed by atoms with Crippen LogP contribution >= 0.6 is 0 Å². The van der Waals surface area contributed by atoms with Gasteiger partial charge in [-0.2, -0.15) is 4.31 Å². The Kier molecular flexibility index (Phi) is 5.22. The minimum Gasteiger partial charge on any atom is -0.294 e. The van der Waals surface area contributed by atoms with Crippen molar-refractivity contribution in [3.8, 4) is 0 Å². The number of sulfonamides is 1. The van der Waals surface area contributed by atoms with E-state index in [-0.39, 0.29) is 11.9 Å². The fourth-order valence-corrected chi connectivity index (χ4v) is 4.59. The Morgan fingerprint density at radius 1 is 1.00 bits per heavy atom. The number of piperazine rings is 1. The number of nitrogens with zero attached hydrogens (tertiary/aromatic N) is 2. The van der Waals surface area contributed by atoms with Crippen LogP contribution in [0, 0.1) is 12.7 Å². The summed E-state index contributed by atoms with van der Waals surface area (Å²) in [6, 6.07) is 13.6. The lowest BCUT2D eigenvalue weighted by molar-refractivity contribution is 0.145. The second-order valence-corrected chi connectivity index (χ2v) is 8.42. The SMILES string of the molecule is Cc1ccc(S(=O)(=O)N2CCN(C(C)c3cccc(F)c3)CC2)cc1. The molecule has 1 atom stereocenters. The molecule has 0 aliphatic carbocycles. The number of hydrogen-bond donors (Lipinski definition) is 0. The van der Waals surface area contributed by atoms with E-state index in [4.69, 9.17) is 0 Å². The summed E-state index contributed by atoms with van der Waals surface area (Å²) in [5, 5.41) is 0. The third kappa shape index (κ3) is 3.92. The average molecular weight is 362 g/mol. The molecular weight excluding hydrogens is 339 g/mol. The molecule has 6 heteroatoms. The highest BCUT2D eigenvalue weighted by atomic mass is 32.2. The first kappa shape index (κ1) is 18.0. The van der Waals surface area contributed by atoms with Crippen molar-refractivity contribution >= 4 is 10.0 Å². The smallest absolute Gasteiger partial charge is 0.243 e. The van der Waals surface area contributed by atoms with E-state index in [9.17, 15) is 12.8 Å². The standard InChI is InChI=1S/C19H23FN2O2S/c1-15-6-8-19(9-7-15)25(23,24)22-12-10-21(11-13-22)16(2)17-4-3-5-18(20)14-17/h3-9,14,16H,10-13H2,1-2H3. The molecule has 2 aromatic carbocycles. The fourth-order valence-electron chi connectivity index (χ4n) is 3.17. The van der Waals surface area contributed by atoms with Crippen LogP contribution in [-0.4, -0.2) is 43.8 Å². The summed E-state index contributed by atoms with van der Waals surface area (Å²) < 4.78 is 40.5. The molecule has 134 valence electrons. The summed E-state index contributed by atoms with van der Waals surface area (Å²) in [5.74, 6) is -0.245. The van der Waals surface area contributed by atoms with Gasteiger partial charge in [-0.15, -0.1) is 0 Å². The molecule has 1 unspecified atom stereocenters. The van der Waals surface area contributed by atoms with Crippen molar-refractivity contribution in [3.05, 3.63) is 65.5 Å². The molecule has 4 nitrogen and oxygen atoms in total. The Bertz CT molecular complexity index is 829. The number of hydrogen-bond acceptors (Lipinski definition) is 3. The molecule has 1 fully saturated rings. The van der Waals surface area contributed by atoms with Gasteiger partial charge in [-0.1, -0.05) is 29.8 Å². The molecule has 1 saturated heterocycles. The normalized spacial score (nSPS) is 18.2. The maximum atomic E-state index is 13.4. The molecule has 0 aromatic heterocycles. The van der Waals surface area contributed by atoms with Crippen LogP contribution in [-0.2, 0) is 10.0 Å². The summed E-state index contributed by atoms with van der Waals surface area (Å²) in [7, 11) is -3.45. The van der Waals surface area contributed by atoms with Gasteiger partial charge in [-0.25, -0.2) is 12.8 Å². The third-order valence-corrected chi connectivity index (χ3v) is 6.72. The van der Waals surface area contributed by atoms with Gasteiger partial charge in [0, 0.05) is 32.2 Å². The zero-order valence-electron chi connectivity index (χ0n) is 14.5. The highest BCUT2D eigenvalue weighted by Crippen LogP contribution is 2.24. The Morgan fingerprint density at radius 2 is 1.64 bits per heavy atom. The first-order valence-corrected chi connectivity index (χ1v) is 9.88. The van der Waals surface area contributed by atoms with Crippen LogP contribution in [0.15, 0.2) is 53.4 Å². The Labute approximate surface area is 148 Å². The van der Waals surface area contributed by atoms with Gasteiger partial charge in [-0.3, -0.25) is 4.90 Å². The average Bonchev–Trinajstić information content (AvgIpc) is 2.61. The van der Waals surface area contributed by atoms with Gasteiger partial charge >= 0.3 is 0 Å². The third-order valence-electron chi connectivity index (χ3n) is 4.81. The summed E-state index contributed by atoms with van der Waals surface area (Å²) in [6.07, 6.45) is 0. The van der Waals surface area contributed by atoms with Crippen molar-refractivity contribution in [2.75, 3.05) is 26.2 Å². The molecule has 0 radical (unpaired) electrons. The zero-order chi connectivity index (χ0) is 18.0. The van der Waals surface area contributed by atoms with Gasteiger partial charge in [0.15, 0.2) is 0 Å². The van der Waals surface area contributed by atoms with E-state index in [2.05, 4.69) is 4.90 Å². The molecule has 0 saturated carbocycles. The van der Waals surface area contributed by atoms with Crippen LogP contribution in [0.25, 0.3) is 0 Å². The fraction of sp³-hybridized carbons (Fsp3) is 0.368. The van der Waals surface area contributed by atoms with E-state index in [1.54, 1.807) is 24.3 Å². The highest BCUT2D eigenvalue weighted by molar-refractivity contribution is 7.89. The predicted octanol–water partition coefficient (Wildman–Crippen LogP) is 3.20. The molecule has 0 spiro atoms. The van der Waals surface area contributed by atoms with Gasteiger partial charge in [0.2, 0.25) is 10.0 Å². The monoisotopic (exact) mass is 362 g/mol. The van der Waals surface area contributed by atoms with E-state index in [0.29, 0.717) is 31.1 Å². The highest BCUT2D eigenvalue weighted by Gasteiger charge is 2.30. The van der Waals surface area contributed by atoms with Crippen molar-refractivity contribution in [1.29, 1.82) is 0 Å². The maximum absolute atomic E-state index is 13.4. The molecule has 1 heterocycles. The molecule has 0 amide bonds. The van der Waals surface area contributed by atoms with Crippen molar-refractivity contribution in [1.82, 2.24) is 9.21 Å². The van der Waals surface area contributed by atoms with E-state index < -0.39 is 10.0 Å². The van der Waals surface area contributed by atoms with Crippen molar-refractivity contribution in [2.24, 2.45) is 0 Å². The van der Waals surface area contributed by atoms with E-state index >= 15 is 0 Å². The molecule has 2 aromatic rings. The summed E-state index contributed by atoms with van der Waals surface area (Å²) in [5.41, 5.74) is 1.95. The van der Waals surface area contributed by atoms with Crippen molar-refractivity contribution in [3.63, 3.8) is 0 Å². The Balaban J connectivity index is 1.68. The van der Waals surface area contributed by atoms with Crippen LogP contribution in [0.1, 0.15) is 24.1 Å².